The third kappa shape index (κ3) is 4.37. The van der Waals surface area contributed by atoms with Crippen molar-refractivity contribution in [3.8, 4) is 5.75 Å². The molecule has 0 unspecified atom stereocenters. The number of carbonyl (C=O) groups excluding carboxylic acids is 1. The Balaban J connectivity index is 2.09. The van der Waals surface area contributed by atoms with Gasteiger partial charge < -0.3 is 14.0 Å². The van der Waals surface area contributed by atoms with Gasteiger partial charge in [-0.1, -0.05) is 11.6 Å². The Kier molecular flexibility index (Phi) is 6.27. The maximum absolute atomic E-state index is 12.4. The lowest BCUT2D eigenvalue weighted by atomic mass is 10.1. The van der Waals surface area contributed by atoms with Crippen LogP contribution in [0.15, 0.2) is 28.7 Å². The molecule has 4 nitrogen and oxygen atoms in total. The Hall–Kier alpha value is -1.30. The Morgan fingerprint density at radius 2 is 2.04 bits per heavy atom. The summed E-state index contributed by atoms with van der Waals surface area (Å²) < 4.78 is 13.5. The molecule has 0 aliphatic heterocycles. The summed E-state index contributed by atoms with van der Waals surface area (Å²) >= 11 is 9.27. The summed E-state index contributed by atoms with van der Waals surface area (Å²) in [6.45, 7) is 5.24. The van der Waals surface area contributed by atoms with Gasteiger partial charge in [0.25, 0.3) is 0 Å². The molecule has 2 aromatic rings. The highest BCUT2D eigenvalue weighted by Crippen LogP contribution is 2.28. The van der Waals surface area contributed by atoms with Crippen molar-refractivity contribution in [2.24, 2.45) is 0 Å². The van der Waals surface area contributed by atoms with Crippen LogP contribution in [0.2, 0.25) is 5.02 Å². The van der Waals surface area contributed by atoms with E-state index in [2.05, 4.69) is 20.5 Å². The van der Waals surface area contributed by atoms with Crippen LogP contribution in [0.5, 0.6) is 5.75 Å². The van der Waals surface area contributed by atoms with Gasteiger partial charge in [0, 0.05) is 35.6 Å². The summed E-state index contributed by atoms with van der Waals surface area (Å²) in [6.07, 6.45) is 0. The van der Waals surface area contributed by atoms with Crippen LogP contribution in [0, 0.1) is 13.8 Å². The minimum absolute atomic E-state index is 0.0190. The number of Topliss-reactive ketones (excluding diaryl/α,β-unsaturated/α-hetero) is 1. The second-order valence-electron chi connectivity index (χ2n) is 5.22. The van der Waals surface area contributed by atoms with E-state index in [-0.39, 0.29) is 12.4 Å². The van der Waals surface area contributed by atoms with Gasteiger partial charge >= 0.3 is 0 Å². The first-order chi connectivity index (χ1) is 10.9. The molecular weight excluding hydrogens is 382 g/mol. The maximum Gasteiger partial charge on any atom is 0.202 e. The van der Waals surface area contributed by atoms with Gasteiger partial charge in [-0.3, -0.25) is 4.79 Å². The first kappa shape index (κ1) is 18.0. The molecule has 124 valence electrons. The third-order valence-electron chi connectivity index (χ3n) is 3.65. The zero-order chi connectivity index (χ0) is 17.0. The zero-order valence-electron chi connectivity index (χ0n) is 13.4. The SMILES string of the molecule is COCCn1c(C)cc(C(=O)COc2ccc(Cl)cc2Br)c1C. The molecule has 0 saturated carbocycles. The van der Waals surface area contributed by atoms with Gasteiger partial charge in [-0.05, 0) is 54.0 Å². The molecule has 2 rings (SSSR count). The number of ether oxygens (including phenoxy) is 2. The van der Waals surface area contributed by atoms with E-state index in [4.69, 9.17) is 21.1 Å². The van der Waals surface area contributed by atoms with E-state index in [0.717, 1.165) is 22.4 Å². The van der Waals surface area contributed by atoms with E-state index in [0.29, 0.717) is 22.9 Å². The van der Waals surface area contributed by atoms with Crippen molar-refractivity contribution in [2.45, 2.75) is 20.4 Å². The second-order valence-corrected chi connectivity index (χ2v) is 6.51. The van der Waals surface area contributed by atoms with Crippen LogP contribution < -0.4 is 4.74 Å². The average Bonchev–Trinajstić information content (AvgIpc) is 2.79. The predicted octanol–water partition coefficient (Wildman–Crippen LogP) is 4.43. The Bertz CT molecular complexity index is 712. The lowest BCUT2D eigenvalue weighted by molar-refractivity contribution is 0.0920. The molecule has 0 amide bonds. The van der Waals surface area contributed by atoms with Crippen molar-refractivity contribution in [3.05, 3.63) is 50.7 Å². The molecule has 0 radical (unpaired) electrons. The molecule has 0 aliphatic carbocycles. The van der Waals surface area contributed by atoms with Crippen LogP contribution >= 0.6 is 27.5 Å². The quantitative estimate of drug-likeness (QED) is 0.646. The molecule has 0 bridgehead atoms. The van der Waals surface area contributed by atoms with E-state index < -0.39 is 0 Å². The minimum Gasteiger partial charge on any atom is -0.484 e. The molecule has 0 spiro atoms. The molecule has 1 aromatic carbocycles. The fourth-order valence-corrected chi connectivity index (χ4v) is 3.22. The van der Waals surface area contributed by atoms with Gasteiger partial charge in [0.15, 0.2) is 6.61 Å². The number of rotatable bonds is 7. The van der Waals surface area contributed by atoms with Crippen molar-refractivity contribution in [1.82, 2.24) is 4.57 Å². The highest BCUT2D eigenvalue weighted by molar-refractivity contribution is 9.10. The summed E-state index contributed by atoms with van der Waals surface area (Å²) in [6, 6.07) is 7.09. The monoisotopic (exact) mass is 399 g/mol. The van der Waals surface area contributed by atoms with Crippen molar-refractivity contribution < 1.29 is 14.3 Å². The number of ketones is 1. The van der Waals surface area contributed by atoms with Gasteiger partial charge in [0.1, 0.15) is 5.75 Å². The maximum atomic E-state index is 12.4. The lowest BCUT2D eigenvalue weighted by Gasteiger charge is -2.10. The van der Waals surface area contributed by atoms with Crippen molar-refractivity contribution in [2.75, 3.05) is 20.3 Å². The summed E-state index contributed by atoms with van der Waals surface area (Å²) in [5.74, 6) is 0.541. The largest absolute Gasteiger partial charge is 0.484 e. The van der Waals surface area contributed by atoms with Crippen LogP contribution in [0.1, 0.15) is 21.7 Å². The first-order valence-electron chi connectivity index (χ1n) is 7.20. The number of hydrogen-bond donors (Lipinski definition) is 0. The Morgan fingerprint density at radius 1 is 1.30 bits per heavy atom. The van der Waals surface area contributed by atoms with Crippen LogP contribution in [0.3, 0.4) is 0 Å². The summed E-state index contributed by atoms with van der Waals surface area (Å²) in [4.78, 5) is 12.4. The number of methoxy groups -OCH3 is 1. The van der Waals surface area contributed by atoms with E-state index in [1.54, 1.807) is 25.3 Å². The number of benzene rings is 1. The van der Waals surface area contributed by atoms with Crippen LogP contribution in [0.4, 0.5) is 0 Å². The number of nitrogens with zero attached hydrogens (tertiary/aromatic N) is 1. The Labute approximate surface area is 149 Å². The highest BCUT2D eigenvalue weighted by Gasteiger charge is 2.16. The van der Waals surface area contributed by atoms with E-state index in [9.17, 15) is 4.79 Å². The molecule has 0 saturated heterocycles. The van der Waals surface area contributed by atoms with Gasteiger partial charge in [-0.15, -0.1) is 0 Å². The second kappa shape index (κ2) is 7.99. The first-order valence-corrected chi connectivity index (χ1v) is 8.38. The molecule has 1 aromatic heterocycles. The summed E-state index contributed by atoms with van der Waals surface area (Å²) in [5, 5.41) is 0.609. The third-order valence-corrected chi connectivity index (χ3v) is 4.50. The molecule has 0 fully saturated rings. The molecule has 0 atom stereocenters. The summed E-state index contributed by atoms with van der Waals surface area (Å²) in [7, 11) is 1.66. The molecule has 0 aliphatic rings. The topological polar surface area (TPSA) is 40.5 Å². The van der Waals surface area contributed by atoms with Gasteiger partial charge in [0.2, 0.25) is 5.78 Å². The standard InChI is InChI=1S/C17H19BrClNO3/c1-11-8-14(12(2)20(11)6-7-22-3)16(21)10-23-17-5-4-13(19)9-15(17)18/h4-5,8-9H,6-7,10H2,1-3H3. The van der Waals surface area contributed by atoms with E-state index in [1.165, 1.54) is 0 Å². The van der Waals surface area contributed by atoms with Gasteiger partial charge in [0.05, 0.1) is 11.1 Å². The predicted molar refractivity (Wildman–Crippen MR) is 94.8 cm³/mol. The molecular formula is C17H19BrClNO3. The lowest BCUT2D eigenvalue weighted by Crippen LogP contribution is -2.14. The van der Waals surface area contributed by atoms with Crippen molar-refractivity contribution >= 4 is 33.3 Å². The highest BCUT2D eigenvalue weighted by atomic mass is 79.9. The minimum atomic E-state index is -0.0522. The number of hydrogen-bond acceptors (Lipinski definition) is 3. The molecule has 1 heterocycles. The van der Waals surface area contributed by atoms with Crippen LogP contribution in [-0.2, 0) is 11.3 Å². The molecule has 6 heteroatoms. The van der Waals surface area contributed by atoms with Crippen LogP contribution in [0.25, 0.3) is 0 Å². The fraction of sp³-hybridized carbons (Fsp3) is 0.353. The van der Waals surface area contributed by atoms with Gasteiger partial charge in [-0.25, -0.2) is 0 Å². The fourth-order valence-electron chi connectivity index (χ4n) is 2.42. The number of halogens is 2. The van der Waals surface area contributed by atoms with E-state index >= 15 is 0 Å². The summed E-state index contributed by atoms with van der Waals surface area (Å²) in [5.41, 5.74) is 2.66. The average molecular weight is 401 g/mol. The zero-order valence-corrected chi connectivity index (χ0v) is 15.7. The smallest absolute Gasteiger partial charge is 0.202 e. The van der Waals surface area contributed by atoms with Crippen LogP contribution in [-0.4, -0.2) is 30.7 Å². The number of aromatic nitrogens is 1. The normalized spacial score (nSPS) is 10.8. The van der Waals surface area contributed by atoms with Crippen molar-refractivity contribution in [1.29, 1.82) is 0 Å². The Morgan fingerprint density at radius 3 is 2.70 bits per heavy atom. The number of carbonyl (C=O) groups is 1. The van der Waals surface area contributed by atoms with E-state index in [1.807, 2.05) is 19.9 Å². The molecule has 0 N–H and O–H groups in total. The number of aryl methyl sites for hydroxylation is 1. The van der Waals surface area contributed by atoms with Crippen molar-refractivity contribution in [3.63, 3.8) is 0 Å². The van der Waals surface area contributed by atoms with Gasteiger partial charge in [-0.2, -0.15) is 0 Å². The molecule has 23 heavy (non-hydrogen) atoms.